The Hall–Kier alpha value is -2.09. The number of H-pyrrole nitrogens is 1. The molecule has 0 atom stereocenters. The van der Waals surface area contributed by atoms with Crippen LogP contribution in [0.15, 0.2) is 48.5 Å². The number of aromatic nitrogens is 2. The predicted molar refractivity (Wildman–Crippen MR) is 88.4 cm³/mol. The van der Waals surface area contributed by atoms with Crippen LogP contribution >= 0.6 is 0 Å². The van der Waals surface area contributed by atoms with Crippen LogP contribution in [0.25, 0.3) is 22.4 Å². The molecule has 3 aromatic rings. The van der Waals surface area contributed by atoms with Crippen LogP contribution in [0.2, 0.25) is 0 Å². The minimum atomic E-state index is 0.413. The third kappa shape index (κ3) is 2.35. The lowest BCUT2D eigenvalue weighted by molar-refractivity contribution is -0.680. The van der Waals surface area contributed by atoms with Gasteiger partial charge < -0.3 is 0 Å². The summed E-state index contributed by atoms with van der Waals surface area (Å²) in [5, 5.41) is 0. The fourth-order valence-electron chi connectivity index (χ4n) is 3.05. The Morgan fingerprint density at radius 3 is 2.24 bits per heavy atom. The molecule has 0 radical (unpaired) electrons. The Balaban J connectivity index is 2.33. The van der Waals surface area contributed by atoms with Crippen LogP contribution in [-0.4, -0.2) is 4.98 Å². The number of rotatable bonds is 3. The van der Waals surface area contributed by atoms with Gasteiger partial charge in [0.2, 0.25) is 0 Å². The number of para-hydroxylation sites is 2. The van der Waals surface area contributed by atoms with E-state index in [2.05, 4.69) is 85.8 Å². The number of imidazole rings is 1. The van der Waals surface area contributed by atoms with Crippen molar-refractivity contribution in [2.24, 2.45) is 0 Å². The highest BCUT2D eigenvalue weighted by molar-refractivity contribution is 5.75. The lowest BCUT2D eigenvalue weighted by Gasteiger charge is -2.11. The zero-order valence-corrected chi connectivity index (χ0v) is 13.2. The molecular formula is C19H23N2+. The van der Waals surface area contributed by atoms with Gasteiger partial charge in [0, 0.05) is 0 Å². The molecule has 3 rings (SSSR count). The first-order chi connectivity index (χ1) is 10.1. The first-order valence-corrected chi connectivity index (χ1v) is 7.71. The summed E-state index contributed by atoms with van der Waals surface area (Å²) in [6.45, 7) is 8.98. The van der Waals surface area contributed by atoms with Gasteiger partial charge in [-0.3, -0.25) is 0 Å². The van der Waals surface area contributed by atoms with E-state index < -0.39 is 0 Å². The summed E-state index contributed by atoms with van der Waals surface area (Å²) in [6.07, 6.45) is 0. The van der Waals surface area contributed by atoms with Crippen molar-refractivity contribution in [1.82, 2.24) is 4.98 Å². The second-order valence-electron chi connectivity index (χ2n) is 6.20. The zero-order valence-electron chi connectivity index (χ0n) is 13.2. The van der Waals surface area contributed by atoms with Gasteiger partial charge in [-0.15, -0.1) is 0 Å². The van der Waals surface area contributed by atoms with E-state index in [1.807, 2.05) is 0 Å². The molecule has 0 spiro atoms. The standard InChI is InChI=1S/C19H22N2/c1-13(2)15-9-5-6-10-16(15)19-20-17-11-7-8-12-18(17)21(19)14(3)4/h5-14H,1-4H3/p+1. The van der Waals surface area contributed by atoms with Crippen molar-refractivity contribution in [2.45, 2.75) is 39.7 Å². The number of fused-ring (bicyclic) bond motifs is 1. The van der Waals surface area contributed by atoms with Crippen LogP contribution in [0.3, 0.4) is 0 Å². The third-order valence-corrected chi connectivity index (χ3v) is 4.01. The smallest absolute Gasteiger partial charge is 0.236 e. The van der Waals surface area contributed by atoms with Crippen molar-refractivity contribution in [3.63, 3.8) is 0 Å². The lowest BCUT2D eigenvalue weighted by Crippen LogP contribution is -2.37. The molecule has 2 heteroatoms. The normalized spacial score (nSPS) is 11.7. The molecule has 0 unspecified atom stereocenters. The number of nitrogens with one attached hydrogen (secondary N) is 1. The number of hydrogen-bond acceptors (Lipinski definition) is 0. The molecule has 108 valence electrons. The number of hydrogen-bond donors (Lipinski definition) is 1. The van der Waals surface area contributed by atoms with Crippen molar-refractivity contribution < 1.29 is 4.57 Å². The summed E-state index contributed by atoms with van der Waals surface area (Å²) in [7, 11) is 0. The molecule has 0 aliphatic rings. The molecule has 1 N–H and O–H groups in total. The van der Waals surface area contributed by atoms with Gasteiger partial charge in [-0.25, -0.2) is 9.55 Å². The molecule has 0 amide bonds. The minimum absolute atomic E-state index is 0.413. The van der Waals surface area contributed by atoms with Gasteiger partial charge in [0.25, 0.3) is 5.82 Å². The van der Waals surface area contributed by atoms with Gasteiger partial charge in [-0.05, 0) is 43.5 Å². The molecule has 2 nitrogen and oxygen atoms in total. The number of benzene rings is 2. The third-order valence-electron chi connectivity index (χ3n) is 4.01. The van der Waals surface area contributed by atoms with E-state index >= 15 is 0 Å². The fourth-order valence-corrected chi connectivity index (χ4v) is 3.05. The Labute approximate surface area is 126 Å². The Bertz CT molecular complexity index is 766. The first-order valence-electron chi connectivity index (χ1n) is 7.71. The van der Waals surface area contributed by atoms with Gasteiger partial charge in [0.05, 0.1) is 11.6 Å². The summed E-state index contributed by atoms with van der Waals surface area (Å²) in [4.78, 5) is 3.62. The van der Waals surface area contributed by atoms with E-state index in [0.29, 0.717) is 12.0 Å². The van der Waals surface area contributed by atoms with Gasteiger partial charge in [-0.1, -0.05) is 44.2 Å². The van der Waals surface area contributed by atoms with Crippen LogP contribution in [0.1, 0.15) is 45.2 Å². The van der Waals surface area contributed by atoms with Crippen molar-refractivity contribution >= 4 is 11.0 Å². The highest BCUT2D eigenvalue weighted by atomic mass is 15.1. The van der Waals surface area contributed by atoms with Crippen LogP contribution in [-0.2, 0) is 0 Å². The minimum Gasteiger partial charge on any atom is -0.236 e. The van der Waals surface area contributed by atoms with E-state index in [4.69, 9.17) is 0 Å². The SMILES string of the molecule is CC(C)c1ccccc1-c1[nH]c2ccccc2[n+]1C(C)C. The molecule has 1 heterocycles. The molecule has 0 aliphatic heterocycles. The summed E-state index contributed by atoms with van der Waals surface area (Å²) in [5.74, 6) is 1.71. The maximum atomic E-state index is 3.62. The van der Waals surface area contributed by atoms with Crippen LogP contribution in [0, 0.1) is 0 Å². The van der Waals surface area contributed by atoms with Crippen molar-refractivity contribution in [3.05, 3.63) is 54.1 Å². The van der Waals surface area contributed by atoms with Gasteiger partial charge in [0.15, 0.2) is 11.0 Å². The van der Waals surface area contributed by atoms with Crippen LogP contribution in [0.4, 0.5) is 0 Å². The number of nitrogens with zero attached hydrogens (tertiary/aromatic N) is 1. The summed E-state index contributed by atoms with van der Waals surface area (Å²) in [6, 6.07) is 17.6. The molecule has 1 aromatic heterocycles. The maximum absolute atomic E-state index is 3.62. The molecular weight excluding hydrogens is 256 g/mol. The van der Waals surface area contributed by atoms with Crippen LogP contribution in [0.5, 0.6) is 0 Å². The molecule has 0 aliphatic carbocycles. The largest absolute Gasteiger partial charge is 0.288 e. The first kappa shape index (κ1) is 13.9. The zero-order chi connectivity index (χ0) is 15.0. The monoisotopic (exact) mass is 279 g/mol. The average molecular weight is 279 g/mol. The van der Waals surface area contributed by atoms with Crippen molar-refractivity contribution in [1.29, 1.82) is 0 Å². The highest BCUT2D eigenvalue weighted by Crippen LogP contribution is 2.28. The second-order valence-corrected chi connectivity index (χ2v) is 6.20. The van der Waals surface area contributed by atoms with E-state index in [-0.39, 0.29) is 0 Å². The summed E-state index contributed by atoms with van der Waals surface area (Å²) in [5.41, 5.74) is 5.15. The molecule has 0 saturated heterocycles. The van der Waals surface area contributed by atoms with E-state index in [1.54, 1.807) is 0 Å². The summed E-state index contributed by atoms with van der Waals surface area (Å²) < 4.78 is 2.40. The van der Waals surface area contributed by atoms with Crippen molar-refractivity contribution in [2.75, 3.05) is 0 Å². The molecule has 0 fully saturated rings. The van der Waals surface area contributed by atoms with Gasteiger partial charge in [0.1, 0.15) is 0 Å². The Kier molecular flexibility index (Phi) is 3.54. The van der Waals surface area contributed by atoms with Gasteiger partial charge >= 0.3 is 0 Å². The second kappa shape index (κ2) is 5.36. The lowest BCUT2D eigenvalue weighted by atomic mass is 9.96. The molecule has 0 bridgehead atoms. The topological polar surface area (TPSA) is 19.7 Å². The summed E-state index contributed by atoms with van der Waals surface area (Å²) >= 11 is 0. The van der Waals surface area contributed by atoms with E-state index in [1.165, 1.54) is 28.0 Å². The van der Waals surface area contributed by atoms with E-state index in [9.17, 15) is 0 Å². The fraction of sp³-hybridized carbons (Fsp3) is 0.316. The molecule has 0 saturated carbocycles. The maximum Gasteiger partial charge on any atom is 0.288 e. The van der Waals surface area contributed by atoms with E-state index in [0.717, 1.165) is 0 Å². The van der Waals surface area contributed by atoms with Crippen LogP contribution < -0.4 is 4.57 Å². The molecule has 21 heavy (non-hydrogen) atoms. The van der Waals surface area contributed by atoms with Gasteiger partial charge in [-0.2, -0.15) is 0 Å². The Morgan fingerprint density at radius 2 is 1.52 bits per heavy atom. The highest BCUT2D eigenvalue weighted by Gasteiger charge is 2.24. The molecule has 2 aromatic carbocycles. The predicted octanol–water partition coefficient (Wildman–Crippen LogP) is 4.83. The number of aromatic amines is 1. The van der Waals surface area contributed by atoms with Crippen molar-refractivity contribution in [3.8, 4) is 11.4 Å². The average Bonchev–Trinajstić information content (AvgIpc) is 2.86. The quantitative estimate of drug-likeness (QED) is 0.663. The Morgan fingerprint density at radius 1 is 0.857 bits per heavy atom.